The minimum absolute atomic E-state index is 0.115. The summed E-state index contributed by atoms with van der Waals surface area (Å²) in [7, 11) is 5.62. The lowest BCUT2D eigenvalue weighted by molar-refractivity contribution is 0.0630. The van der Waals surface area contributed by atoms with Crippen molar-refractivity contribution in [2.75, 3.05) is 65.4 Å². The van der Waals surface area contributed by atoms with E-state index >= 15 is 0 Å². The molecular formula is C27H33N3O5. The number of hydrogen-bond donors (Lipinski definition) is 2. The first kappa shape index (κ1) is 23.7. The summed E-state index contributed by atoms with van der Waals surface area (Å²) in [6.07, 6.45) is 0.0360. The van der Waals surface area contributed by atoms with Gasteiger partial charge in [0.1, 0.15) is 28.2 Å². The van der Waals surface area contributed by atoms with E-state index in [2.05, 4.69) is 33.9 Å². The normalized spacial score (nSPS) is 22.0. The van der Waals surface area contributed by atoms with Gasteiger partial charge >= 0.3 is 0 Å². The Bertz CT molecular complexity index is 1260. The number of piperazine rings is 1. The average molecular weight is 480 g/mol. The number of piperidine rings is 1. The van der Waals surface area contributed by atoms with Crippen molar-refractivity contribution in [3.8, 4) is 22.8 Å². The summed E-state index contributed by atoms with van der Waals surface area (Å²) in [6.45, 7) is 5.31. The maximum atomic E-state index is 13.2. The number of likely N-dealkylation sites (tertiary alicyclic amines) is 1. The third-order valence-corrected chi connectivity index (χ3v) is 7.38. The summed E-state index contributed by atoms with van der Waals surface area (Å²) in [6, 6.07) is 10.9. The second-order valence-corrected chi connectivity index (χ2v) is 9.75. The summed E-state index contributed by atoms with van der Waals surface area (Å²) in [4.78, 5) is 19.9. The number of aliphatic hydroxyl groups excluding tert-OH is 1. The van der Waals surface area contributed by atoms with Gasteiger partial charge in [-0.05, 0) is 51.3 Å². The number of hydrogen-bond acceptors (Lipinski definition) is 8. The Hall–Kier alpha value is -3.07. The van der Waals surface area contributed by atoms with Crippen LogP contribution in [0.25, 0.3) is 22.3 Å². The lowest BCUT2D eigenvalue weighted by Gasteiger charge is -2.34. The third kappa shape index (κ3) is 4.49. The number of ether oxygens (including phenoxy) is 1. The summed E-state index contributed by atoms with van der Waals surface area (Å²) in [5.41, 5.74) is 2.50. The smallest absolute Gasteiger partial charge is 0.197 e. The van der Waals surface area contributed by atoms with Crippen LogP contribution < -0.4 is 15.1 Å². The number of aromatic hydroxyl groups is 1. The zero-order valence-electron chi connectivity index (χ0n) is 20.5. The fraction of sp³-hybridized carbons (Fsp3) is 0.444. The summed E-state index contributed by atoms with van der Waals surface area (Å²) >= 11 is 0. The van der Waals surface area contributed by atoms with Crippen LogP contribution in [-0.4, -0.2) is 86.6 Å². The molecular weight excluding hydrogens is 446 g/mol. The lowest BCUT2D eigenvalue weighted by Crippen LogP contribution is -2.44. The molecule has 0 saturated carbocycles. The number of rotatable bonds is 4. The van der Waals surface area contributed by atoms with Crippen molar-refractivity contribution in [1.29, 1.82) is 0 Å². The SMILES string of the molecule is COc1cc(O)c2c(=O)cc(-c3ccc(N4CCN(C)CC4)cc3)oc2c1[C@H]1CCN(C)C[C@H]1O. The van der Waals surface area contributed by atoms with Crippen molar-refractivity contribution in [3.05, 3.63) is 52.2 Å². The monoisotopic (exact) mass is 479 g/mol. The van der Waals surface area contributed by atoms with Gasteiger partial charge in [-0.15, -0.1) is 0 Å². The largest absolute Gasteiger partial charge is 0.507 e. The molecule has 3 heterocycles. The van der Waals surface area contributed by atoms with E-state index in [1.165, 1.54) is 19.2 Å². The molecule has 0 radical (unpaired) electrons. The fourth-order valence-corrected chi connectivity index (χ4v) is 5.30. The molecule has 8 heteroatoms. The van der Waals surface area contributed by atoms with Crippen molar-refractivity contribution >= 4 is 16.7 Å². The van der Waals surface area contributed by atoms with Crippen LogP contribution in [0.3, 0.4) is 0 Å². The molecule has 0 spiro atoms. The second kappa shape index (κ2) is 9.53. The molecule has 2 atom stereocenters. The van der Waals surface area contributed by atoms with Gasteiger partial charge < -0.3 is 34.1 Å². The molecule has 186 valence electrons. The number of β-amino-alcohol motifs (C(OH)–C–C–N with tert-alkyl or cyclic N) is 1. The Labute approximate surface area is 204 Å². The molecule has 2 aromatic carbocycles. The second-order valence-electron chi connectivity index (χ2n) is 9.75. The van der Waals surface area contributed by atoms with E-state index in [0.29, 0.717) is 30.0 Å². The molecule has 0 unspecified atom stereocenters. The van der Waals surface area contributed by atoms with E-state index in [9.17, 15) is 15.0 Å². The van der Waals surface area contributed by atoms with Gasteiger partial charge in [-0.2, -0.15) is 0 Å². The van der Waals surface area contributed by atoms with Gasteiger partial charge in [0.05, 0.1) is 13.2 Å². The lowest BCUT2D eigenvalue weighted by atomic mass is 9.85. The number of likely N-dealkylation sites (N-methyl/N-ethyl adjacent to an activating group) is 2. The van der Waals surface area contributed by atoms with E-state index < -0.39 is 6.10 Å². The molecule has 1 aromatic heterocycles. The first-order chi connectivity index (χ1) is 16.9. The van der Waals surface area contributed by atoms with Crippen LogP contribution in [0.4, 0.5) is 5.69 Å². The first-order valence-corrected chi connectivity index (χ1v) is 12.1. The number of phenols is 1. The van der Waals surface area contributed by atoms with E-state index in [1.807, 2.05) is 19.2 Å². The van der Waals surface area contributed by atoms with Gasteiger partial charge in [-0.3, -0.25) is 4.79 Å². The zero-order chi connectivity index (χ0) is 24.7. The Morgan fingerprint density at radius 2 is 1.71 bits per heavy atom. The van der Waals surface area contributed by atoms with E-state index in [-0.39, 0.29) is 28.1 Å². The number of fused-ring (bicyclic) bond motifs is 1. The van der Waals surface area contributed by atoms with Crippen LogP contribution in [0.5, 0.6) is 11.5 Å². The van der Waals surface area contributed by atoms with Crippen molar-refractivity contribution in [2.45, 2.75) is 18.4 Å². The standard InChI is InChI=1S/C27H33N3O5/c1-28-10-12-30(13-11-28)18-6-4-17(5-7-18)23-14-20(31)26-21(32)15-24(34-3)25(27(26)35-23)19-8-9-29(2)16-22(19)33/h4-7,14-15,19,22,32-33H,8-13,16H2,1-3H3/t19-,22+/m0/s1. The molecule has 0 aliphatic carbocycles. The van der Waals surface area contributed by atoms with E-state index in [4.69, 9.17) is 9.15 Å². The number of methoxy groups -OCH3 is 1. The highest BCUT2D eigenvalue weighted by atomic mass is 16.5. The minimum atomic E-state index is -0.646. The average Bonchev–Trinajstić information content (AvgIpc) is 2.85. The topological polar surface area (TPSA) is 89.6 Å². The quantitative estimate of drug-likeness (QED) is 0.591. The third-order valence-electron chi connectivity index (χ3n) is 7.38. The number of nitrogens with zero attached hydrogens (tertiary/aromatic N) is 3. The number of benzene rings is 2. The van der Waals surface area contributed by atoms with Crippen LogP contribution >= 0.6 is 0 Å². The highest BCUT2D eigenvalue weighted by Gasteiger charge is 2.33. The van der Waals surface area contributed by atoms with Crippen LogP contribution in [0.15, 0.2) is 45.6 Å². The molecule has 5 rings (SSSR count). The van der Waals surface area contributed by atoms with Gasteiger partial charge in [0.15, 0.2) is 5.43 Å². The van der Waals surface area contributed by atoms with Crippen LogP contribution in [0, 0.1) is 0 Å². The van der Waals surface area contributed by atoms with E-state index in [0.717, 1.165) is 44.0 Å². The Balaban J connectivity index is 1.58. The predicted octanol–water partition coefficient (Wildman–Crippen LogP) is 2.71. The van der Waals surface area contributed by atoms with Crippen LogP contribution in [0.2, 0.25) is 0 Å². The molecule has 3 aromatic rings. The molecule has 0 bridgehead atoms. The van der Waals surface area contributed by atoms with Crippen LogP contribution in [-0.2, 0) is 0 Å². The molecule has 2 aliphatic heterocycles. The summed E-state index contributed by atoms with van der Waals surface area (Å²) < 4.78 is 11.9. The van der Waals surface area contributed by atoms with Crippen molar-refractivity contribution in [1.82, 2.24) is 9.80 Å². The van der Waals surface area contributed by atoms with Gasteiger partial charge in [-0.25, -0.2) is 0 Å². The number of anilines is 1. The maximum Gasteiger partial charge on any atom is 0.197 e. The molecule has 35 heavy (non-hydrogen) atoms. The minimum Gasteiger partial charge on any atom is -0.507 e. The number of aliphatic hydroxyl groups is 1. The van der Waals surface area contributed by atoms with Gasteiger partial charge in [0, 0.05) is 67.6 Å². The summed E-state index contributed by atoms with van der Waals surface area (Å²) in [5, 5.41) is 21.6. The maximum absolute atomic E-state index is 13.2. The predicted molar refractivity (Wildman–Crippen MR) is 137 cm³/mol. The zero-order valence-corrected chi connectivity index (χ0v) is 20.5. The molecule has 2 aliphatic rings. The molecule has 2 fully saturated rings. The molecule has 0 amide bonds. The van der Waals surface area contributed by atoms with Gasteiger partial charge in [-0.1, -0.05) is 0 Å². The van der Waals surface area contributed by atoms with Crippen LogP contribution in [0.1, 0.15) is 17.9 Å². The molecule has 2 saturated heterocycles. The van der Waals surface area contributed by atoms with Crippen molar-refractivity contribution in [3.63, 3.8) is 0 Å². The van der Waals surface area contributed by atoms with Crippen molar-refractivity contribution < 1.29 is 19.4 Å². The van der Waals surface area contributed by atoms with E-state index in [1.54, 1.807) is 0 Å². The molecule has 2 N–H and O–H groups in total. The fourth-order valence-electron chi connectivity index (χ4n) is 5.30. The number of phenolic OH excluding ortho intramolecular Hbond substituents is 1. The molecule has 8 nitrogen and oxygen atoms in total. The summed E-state index contributed by atoms with van der Waals surface area (Å²) in [5.74, 6) is 0.369. The van der Waals surface area contributed by atoms with Crippen molar-refractivity contribution in [2.24, 2.45) is 0 Å². The van der Waals surface area contributed by atoms with Gasteiger partial charge in [0.2, 0.25) is 0 Å². The Morgan fingerprint density at radius 3 is 2.37 bits per heavy atom. The Morgan fingerprint density at radius 1 is 1.00 bits per heavy atom. The first-order valence-electron chi connectivity index (χ1n) is 12.1. The van der Waals surface area contributed by atoms with Gasteiger partial charge in [0.25, 0.3) is 0 Å². The highest BCUT2D eigenvalue weighted by molar-refractivity contribution is 5.90. The Kier molecular flexibility index (Phi) is 6.44. The highest BCUT2D eigenvalue weighted by Crippen LogP contribution is 2.43.